The molecular weight excluding hydrogens is 309 g/mol. The molecule has 0 aliphatic carbocycles. The average Bonchev–Trinajstić information content (AvgIpc) is 2.54. The van der Waals surface area contributed by atoms with Crippen LogP contribution in [0.4, 0.5) is 19.0 Å². The van der Waals surface area contributed by atoms with E-state index in [4.69, 9.17) is 10.00 Å². The lowest BCUT2D eigenvalue weighted by Gasteiger charge is -2.50. The van der Waals surface area contributed by atoms with Gasteiger partial charge in [-0.15, -0.1) is 0 Å². The topological polar surface area (TPSA) is 62.0 Å². The van der Waals surface area contributed by atoms with Crippen molar-refractivity contribution < 1.29 is 17.9 Å². The zero-order valence-electron chi connectivity index (χ0n) is 12.5. The molecule has 1 spiro atoms. The highest BCUT2D eigenvalue weighted by Crippen LogP contribution is 2.51. The zero-order valence-corrected chi connectivity index (χ0v) is 12.5. The van der Waals surface area contributed by atoms with Gasteiger partial charge in [-0.1, -0.05) is 0 Å². The van der Waals surface area contributed by atoms with Crippen LogP contribution in [-0.4, -0.2) is 42.4 Å². The summed E-state index contributed by atoms with van der Waals surface area (Å²) >= 11 is 0. The molecule has 1 atom stereocenters. The highest BCUT2D eigenvalue weighted by Gasteiger charge is 2.56. The second-order valence-electron chi connectivity index (χ2n) is 6.15. The van der Waals surface area contributed by atoms with Gasteiger partial charge in [0.05, 0.1) is 18.3 Å². The van der Waals surface area contributed by atoms with Crippen LogP contribution in [0.1, 0.15) is 25.0 Å². The fourth-order valence-electron chi connectivity index (χ4n) is 3.71. The molecule has 23 heavy (non-hydrogen) atoms. The summed E-state index contributed by atoms with van der Waals surface area (Å²) in [5.74, 6) is -0.849. The van der Waals surface area contributed by atoms with E-state index in [1.165, 1.54) is 12.4 Å². The predicted octanol–water partition coefficient (Wildman–Crippen LogP) is 2.53. The minimum absolute atomic E-state index is 0.0297. The average molecular weight is 326 g/mol. The lowest BCUT2D eigenvalue weighted by molar-refractivity contribution is -0.223. The maximum Gasteiger partial charge on any atom is 0.392 e. The molecule has 1 aromatic rings. The molecule has 8 heteroatoms. The molecular formula is C15H17F3N4O. The number of anilines is 1. The van der Waals surface area contributed by atoms with Gasteiger partial charge >= 0.3 is 6.18 Å². The summed E-state index contributed by atoms with van der Waals surface area (Å²) in [4.78, 5) is 9.95. The summed E-state index contributed by atoms with van der Waals surface area (Å²) in [5, 5.41) is 8.92. The standard InChI is InChI=1S/C15H17F3N4O/c16-15(17,18)12-1-4-22(10-14(12)2-5-23-6-3-14)13-9-20-8-11(7-19)21-13/h8-9,12H,1-6,10H2/t12-/m1/s1. The summed E-state index contributed by atoms with van der Waals surface area (Å²) in [6, 6.07) is 1.91. The number of alkyl halides is 3. The number of hydrogen-bond acceptors (Lipinski definition) is 5. The van der Waals surface area contributed by atoms with Crippen molar-refractivity contribution >= 4 is 5.82 Å². The minimum Gasteiger partial charge on any atom is -0.381 e. The Kier molecular flexibility index (Phi) is 4.15. The number of ether oxygens (including phenoxy) is 1. The highest BCUT2D eigenvalue weighted by atomic mass is 19.4. The Labute approximate surface area is 132 Å². The lowest BCUT2D eigenvalue weighted by Crippen LogP contribution is -2.55. The molecule has 0 bridgehead atoms. The third kappa shape index (κ3) is 3.11. The first-order valence-electron chi connectivity index (χ1n) is 7.56. The number of rotatable bonds is 1. The number of nitrogens with zero attached hydrogens (tertiary/aromatic N) is 4. The van der Waals surface area contributed by atoms with Crippen LogP contribution < -0.4 is 4.90 Å². The van der Waals surface area contributed by atoms with E-state index in [2.05, 4.69) is 9.97 Å². The summed E-state index contributed by atoms with van der Waals surface area (Å²) in [6.45, 7) is 1.23. The van der Waals surface area contributed by atoms with Crippen molar-refractivity contribution in [1.29, 1.82) is 5.26 Å². The van der Waals surface area contributed by atoms with Crippen molar-refractivity contribution in [3.8, 4) is 6.07 Å². The first kappa shape index (κ1) is 16.0. The van der Waals surface area contributed by atoms with Crippen molar-refractivity contribution in [2.45, 2.75) is 25.4 Å². The molecule has 2 aliphatic rings. The van der Waals surface area contributed by atoms with Crippen LogP contribution in [0.2, 0.25) is 0 Å². The largest absolute Gasteiger partial charge is 0.392 e. The Hall–Kier alpha value is -1.88. The molecule has 1 aromatic heterocycles. The van der Waals surface area contributed by atoms with Gasteiger partial charge in [0.25, 0.3) is 0 Å². The Balaban J connectivity index is 1.88. The zero-order chi connectivity index (χ0) is 16.5. The molecule has 2 fully saturated rings. The molecule has 3 heterocycles. The van der Waals surface area contributed by atoms with Crippen molar-refractivity contribution in [2.75, 3.05) is 31.2 Å². The predicted molar refractivity (Wildman–Crippen MR) is 75.6 cm³/mol. The molecule has 5 nitrogen and oxygen atoms in total. The molecule has 124 valence electrons. The maximum absolute atomic E-state index is 13.5. The van der Waals surface area contributed by atoms with E-state index in [-0.39, 0.29) is 25.2 Å². The Morgan fingerprint density at radius 3 is 2.70 bits per heavy atom. The van der Waals surface area contributed by atoms with E-state index >= 15 is 0 Å². The molecule has 0 saturated carbocycles. The number of hydrogen-bond donors (Lipinski definition) is 0. The van der Waals surface area contributed by atoms with Gasteiger partial charge in [-0.05, 0) is 19.3 Å². The number of aromatic nitrogens is 2. The summed E-state index contributed by atoms with van der Waals surface area (Å²) in [6.07, 6.45) is -0.554. The van der Waals surface area contributed by atoms with Crippen molar-refractivity contribution in [3.63, 3.8) is 0 Å². The third-order valence-electron chi connectivity index (χ3n) is 4.88. The van der Waals surface area contributed by atoms with E-state index in [0.717, 1.165) is 0 Å². The van der Waals surface area contributed by atoms with Crippen LogP contribution in [0, 0.1) is 22.7 Å². The van der Waals surface area contributed by atoms with Crippen LogP contribution in [0.15, 0.2) is 12.4 Å². The molecule has 3 rings (SSSR count). The monoisotopic (exact) mass is 326 g/mol. The van der Waals surface area contributed by atoms with Crippen molar-refractivity contribution in [3.05, 3.63) is 18.1 Å². The summed E-state index contributed by atoms with van der Waals surface area (Å²) in [5.41, 5.74) is -0.680. The van der Waals surface area contributed by atoms with E-state index in [9.17, 15) is 13.2 Å². The summed E-state index contributed by atoms with van der Waals surface area (Å²) in [7, 11) is 0. The lowest BCUT2D eigenvalue weighted by atomic mass is 9.66. The van der Waals surface area contributed by atoms with Crippen LogP contribution in [0.3, 0.4) is 0 Å². The van der Waals surface area contributed by atoms with E-state index < -0.39 is 17.5 Å². The second-order valence-corrected chi connectivity index (χ2v) is 6.15. The Morgan fingerprint density at radius 1 is 1.30 bits per heavy atom. The van der Waals surface area contributed by atoms with Crippen molar-refractivity contribution in [1.82, 2.24) is 9.97 Å². The quantitative estimate of drug-likeness (QED) is 0.793. The fraction of sp³-hybridized carbons (Fsp3) is 0.667. The van der Waals surface area contributed by atoms with Crippen LogP contribution >= 0.6 is 0 Å². The highest BCUT2D eigenvalue weighted by molar-refractivity contribution is 5.40. The van der Waals surface area contributed by atoms with Gasteiger partial charge in [-0.3, -0.25) is 4.98 Å². The van der Waals surface area contributed by atoms with Gasteiger partial charge in [0.2, 0.25) is 0 Å². The number of halogens is 3. The fourth-order valence-corrected chi connectivity index (χ4v) is 3.71. The third-order valence-corrected chi connectivity index (χ3v) is 4.88. The van der Waals surface area contributed by atoms with Gasteiger partial charge in [0, 0.05) is 31.7 Å². The maximum atomic E-state index is 13.5. The van der Waals surface area contributed by atoms with E-state index in [1.807, 2.05) is 11.0 Å². The normalized spacial score (nSPS) is 24.4. The molecule has 0 amide bonds. The Bertz CT molecular complexity index is 607. The molecule has 2 aliphatic heterocycles. The number of piperidine rings is 1. The van der Waals surface area contributed by atoms with Crippen molar-refractivity contribution in [2.24, 2.45) is 11.3 Å². The van der Waals surface area contributed by atoms with Gasteiger partial charge in [0.1, 0.15) is 11.9 Å². The molecule has 2 saturated heterocycles. The minimum atomic E-state index is -4.20. The van der Waals surface area contributed by atoms with Gasteiger partial charge in [0.15, 0.2) is 5.69 Å². The first-order valence-corrected chi connectivity index (χ1v) is 7.56. The SMILES string of the molecule is N#Cc1cncc(N2CC[C@@H](C(F)(F)F)C3(CCOCC3)C2)n1. The van der Waals surface area contributed by atoms with Gasteiger partial charge in [-0.2, -0.15) is 18.4 Å². The van der Waals surface area contributed by atoms with Crippen LogP contribution in [0.5, 0.6) is 0 Å². The van der Waals surface area contributed by atoms with E-state index in [0.29, 0.717) is 31.9 Å². The van der Waals surface area contributed by atoms with Gasteiger partial charge in [-0.25, -0.2) is 4.98 Å². The van der Waals surface area contributed by atoms with Gasteiger partial charge < -0.3 is 9.64 Å². The number of nitriles is 1. The second kappa shape index (κ2) is 5.96. The molecule has 0 radical (unpaired) electrons. The first-order chi connectivity index (χ1) is 10.9. The van der Waals surface area contributed by atoms with E-state index in [1.54, 1.807) is 0 Å². The Morgan fingerprint density at radius 2 is 2.04 bits per heavy atom. The molecule has 0 aromatic carbocycles. The smallest absolute Gasteiger partial charge is 0.381 e. The summed E-state index contributed by atoms with van der Waals surface area (Å²) < 4.78 is 45.7. The molecule has 0 N–H and O–H groups in total. The molecule has 0 unspecified atom stereocenters. The van der Waals surface area contributed by atoms with Crippen LogP contribution in [-0.2, 0) is 4.74 Å². The van der Waals surface area contributed by atoms with Crippen LogP contribution in [0.25, 0.3) is 0 Å².